The summed E-state index contributed by atoms with van der Waals surface area (Å²) in [6, 6.07) is 5.97. The van der Waals surface area contributed by atoms with Crippen molar-refractivity contribution in [1.29, 1.82) is 0 Å². The summed E-state index contributed by atoms with van der Waals surface area (Å²) in [7, 11) is 1.67. The van der Waals surface area contributed by atoms with Gasteiger partial charge in [-0.25, -0.2) is 0 Å². The lowest BCUT2D eigenvalue weighted by atomic mass is 9.92. The monoisotopic (exact) mass is 358 g/mol. The largest absolute Gasteiger partial charge is 0.493 e. The summed E-state index contributed by atoms with van der Waals surface area (Å²) in [4.78, 5) is 12.6. The van der Waals surface area contributed by atoms with Crippen LogP contribution in [0.15, 0.2) is 18.2 Å². The van der Waals surface area contributed by atoms with Crippen LogP contribution in [-0.2, 0) is 11.3 Å². The van der Waals surface area contributed by atoms with Gasteiger partial charge in [0, 0.05) is 12.5 Å². The second kappa shape index (κ2) is 7.47. The second-order valence-electron chi connectivity index (χ2n) is 8.10. The van der Waals surface area contributed by atoms with Crippen LogP contribution < -0.4 is 20.1 Å². The summed E-state index contributed by atoms with van der Waals surface area (Å²) in [5, 5.41) is 6.52. The maximum absolute atomic E-state index is 12.6. The number of nitrogens with one attached hydrogen (secondary N) is 2. The number of carbonyl (C=O) groups excluding carboxylic acids is 1. The predicted octanol–water partition coefficient (Wildman–Crippen LogP) is 3.02. The van der Waals surface area contributed by atoms with Crippen molar-refractivity contribution in [2.75, 3.05) is 20.2 Å². The van der Waals surface area contributed by atoms with Crippen molar-refractivity contribution in [3.8, 4) is 11.5 Å². The SMILES string of the molecule is COc1ccc(CNC(=O)C2CC23CCNCC3)cc1OC1CCCC1. The molecule has 0 aromatic heterocycles. The molecule has 1 amide bonds. The molecule has 5 nitrogen and oxygen atoms in total. The van der Waals surface area contributed by atoms with Gasteiger partial charge < -0.3 is 20.1 Å². The normalized spacial score (nSPS) is 24.4. The Bertz CT molecular complexity index is 649. The summed E-state index contributed by atoms with van der Waals surface area (Å²) < 4.78 is 11.6. The summed E-state index contributed by atoms with van der Waals surface area (Å²) >= 11 is 0. The number of amides is 1. The van der Waals surface area contributed by atoms with Crippen LogP contribution in [0.5, 0.6) is 11.5 Å². The molecule has 1 saturated heterocycles. The van der Waals surface area contributed by atoms with Crippen LogP contribution in [-0.4, -0.2) is 32.2 Å². The van der Waals surface area contributed by atoms with E-state index in [4.69, 9.17) is 9.47 Å². The van der Waals surface area contributed by atoms with Gasteiger partial charge in [0.25, 0.3) is 0 Å². The van der Waals surface area contributed by atoms with E-state index in [1.54, 1.807) is 7.11 Å². The minimum absolute atomic E-state index is 0.206. The standard InChI is InChI=1S/C21H30N2O3/c1-25-18-7-6-15(12-19(18)26-16-4-2-3-5-16)14-23-20(24)17-13-21(17)8-10-22-11-9-21/h6-7,12,16-17,22H,2-5,8-11,13-14H2,1H3,(H,23,24). The Balaban J connectivity index is 1.35. The van der Waals surface area contributed by atoms with E-state index in [-0.39, 0.29) is 17.2 Å². The topological polar surface area (TPSA) is 59.6 Å². The van der Waals surface area contributed by atoms with E-state index in [1.807, 2.05) is 18.2 Å². The molecule has 3 aliphatic rings. The molecular formula is C21H30N2O3. The molecule has 1 aromatic carbocycles. The highest BCUT2D eigenvalue weighted by molar-refractivity contribution is 5.82. The Hall–Kier alpha value is -1.75. The molecule has 3 fully saturated rings. The van der Waals surface area contributed by atoms with E-state index in [0.29, 0.717) is 12.6 Å². The van der Waals surface area contributed by atoms with Crippen molar-refractivity contribution >= 4 is 5.91 Å². The summed E-state index contributed by atoms with van der Waals surface area (Å²) in [6.45, 7) is 2.64. The van der Waals surface area contributed by atoms with Gasteiger partial charge in [0.15, 0.2) is 11.5 Å². The van der Waals surface area contributed by atoms with Gasteiger partial charge in [-0.05, 0) is 81.1 Å². The zero-order valence-electron chi connectivity index (χ0n) is 15.7. The van der Waals surface area contributed by atoms with Gasteiger partial charge >= 0.3 is 0 Å². The van der Waals surface area contributed by atoms with Crippen molar-refractivity contribution in [3.05, 3.63) is 23.8 Å². The molecule has 5 heteroatoms. The van der Waals surface area contributed by atoms with E-state index in [1.165, 1.54) is 12.8 Å². The van der Waals surface area contributed by atoms with E-state index < -0.39 is 0 Å². The fourth-order valence-corrected chi connectivity index (χ4v) is 4.62. The number of rotatable bonds is 6. The molecule has 2 aliphatic carbocycles. The van der Waals surface area contributed by atoms with Gasteiger partial charge in [-0.15, -0.1) is 0 Å². The molecule has 1 heterocycles. The summed E-state index contributed by atoms with van der Waals surface area (Å²) in [5.41, 5.74) is 1.35. The third-order valence-corrected chi connectivity index (χ3v) is 6.40. The van der Waals surface area contributed by atoms with Crippen LogP contribution >= 0.6 is 0 Å². The smallest absolute Gasteiger partial charge is 0.223 e. The highest BCUT2D eigenvalue weighted by atomic mass is 16.5. The molecular weight excluding hydrogens is 328 g/mol. The zero-order chi connectivity index (χ0) is 18.0. The Morgan fingerprint density at radius 3 is 2.73 bits per heavy atom. The first-order valence-corrected chi connectivity index (χ1v) is 10.0. The van der Waals surface area contributed by atoms with Gasteiger partial charge in [-0.2, -0.15) is 0 Å². The maximum Gasteiger partial charge on any atom is 0.223 e. The molecule has 1 aromatic rings. The van der Waals surface area contributed by atoms with Gasteiger partial charge in [0.2, 0.25) is 5.91 Å². The van der Waals surface area contributed by atoms with Crippen LogP contribution in [0.25, 0.3) is 0 Å². The molecule has 1 spiro atoms. The number of methoxy groups -OCH3 is 1. The Morgan fingerprint density at radius 1 is 1.23 bits per heavy atom. The number of piperidine rings is 1. The lowest BCUT2D eigenvalue weighted by Gasteiger charge is -2.23. The molecule has 0 radical (unpaired) electrons. The van der Waals surface area contributed by atoms with Crippen LogP contribution in [0, 0.1) is 11.3 Å². The lowest BCUT2D eigenvalue weighted by Crippen LogP contribution is -2.33. The van der Waals surface area contributed by atoms with E-state index >= 15 is 0 Å². The Kier molecular flexibility index (Phi) is 5.07. The van der Waals surface area contributed by atoms with Crippen molar-refractivity contribution in [2.24, 2.45) is 11.3 Å². The first kappa shape index (κ1) is 17.7. The summed E-state index contributed by atoms with van der Waals surface area (Å²) in [5.74, 6) is 1.98. The lowest BCUT2D eigenvalue weighted by molar-refractivity contribution is -0.123. The maximum atomic E-state index is 12.6. The van der Waals surface area contributed by atoms with E-state index in [9.17, 15) is 4.79 Å². The average Bonchev–Trinajstić information content (AvgIpc) is 3.10. The van der Waals surface area contributed by atoms with Gasteiger partial charge in [0.05, 0.1) is 13.2 Å². The van der Waals surface area contributed by atoms with Crippen molar-refractivity contribution in [1.82, 2.24) is 10.6 Å². The number of hydrogen-bond acceptors (Lipinski definition) is 4. The molecule has 0 bridgehead atoms. The van der Waals surface area contributed by atoms with Crippen molar-refractivity contribution in [2.45, 2.75) is 57.6 Å². The average molecular weight is 358 g/mol. The molecule has 1 atom stereocenters. The van der Waals surface area contributed by atoms with Crippen LogP contribution in [0.2, 0.25) is 0 Å². The third-order valence-electron chi connectivity index (χ3n) is 6.40. The third kappa shape index (κ3) is 3.68. The molecule has 26 heavy (non-hydrogen) atoms. The van der Waals surface area contributed by atoms with Gasteiger partial charge in [-0.1, -0.05) is 6.07 Å². The molecule has 1 aliphatic heterocycles. The van der Waals surface area contributed by atoms with Gasteiger partial charge in [0.1, 0.15) is 0 Å². The summed E-state index contributed by atoms with van der Waals surface area (Å²) in [6.07, 6.45) is 8.31. The molecule has 2 N–H and O–H groups in total. The van der Waals surface area contributed by atoms with Crippen LogP contribution in [0.4, 0.5) is 0 Å². The van der Waals surface area contributed by atoms with Crippen LogP contribution in [0.3, 0.4) is 0 Å². The van der Waals surface area contributed by atoms with Gasteiger partial charge in [-0.3, -0.25) is 4.79 Å². The van der Waals surface area contributed by atoms with E-state index in [0.717, 1.165) is 62.3 Å². The van der Waals surface area contributed by atoms with E-state index in [2.05, 4.69) is 10.6 Å². The predicted molar refractivity (Wildman–Crippen MR) is 100 cm³/mol. The number of ether oxygens (including phenoxy) is 2. The Morgan fingerprint density at radius 2 is 2.00 bits per heavy atom. The minimum Gasteiger partial charge on any atom is -0.493 e. The van der Waals surface area contributed by atoms with Crippen molar-refractivity contribution in [3.63, 3.8) is 0 Å². The number of hydrogen-bond donors (Lipinski definition) is 2. The molecule has 4 rings (SSSR count). The minimum atomic E-state index is 0.206. The zero-order valence-corrected chi connectivity index (χ0v) is 15.7. The Labute approximate surface area is 155 Å². The van der Waals surface area contributed by atoms with Crippen LogP contribution in [0.1, 0.15) is 50.5 Å². The fraction of sp³-hybridized carbons (Fsp3) is 0.667. The highest BCUT2D eigenvalue weighted by Gasteiger charge is 2.57. The highest BCUT2D eigenvalue weighted by Crippen LogP contribution is 2.58. The fourth-order valence-electron chi connectivity index (χ4n) is 4.62. The molecule has 2 saturated carbocycles. The molecule has 1 unspecified atom stereocenters. The quantitative estimate of drug-likeness (QED) is 0.821. The number of benzene rings is 1. The second-order valence-corrected chi connectivity index (χ2v) is 8.10. The first-order chi connectivity index (χ1) is 12.7. The van der Waals surface area contributed by atoms with Crippen molar-refractivity contribution < 1.29 is 14.3 Å². The first-order valence-electron chi connectivity index (χ1n) is 10.0. The molecule has 142 valence electrons. The number of carbonyl (C=O) groups is 1.